The zero-order valence-electron chi connectivity index (χ0n) is 18.5. The third kappa shape index (κ3) is 3.10. The summed E-state index contributed by atoms with van der Waals surface area (Å²) in [5.41, 5.74) is 2.67. The molecule has 3 aromatic heterocycles. The number of nitrogens with one attached hydrogen (secondary N) is 1. The fourth-order valence-electron chi connectivity index (χ4n) is 5.40. The minimum absolute atomic E-state index is 0.0711. The van der Waals surface area contributed by atoms with Crippen LogP contribution in [-0.4, -0.2) is 81.5 Å². The average molecular weight is 433 g/mol. The molecular weight excluding hydrogens is 404 g/mol. The van der Waals surface area contributed by atoms with Crippen molar-refractivity contribution in [2.75, 3.05) is 50.5 Å². The normalized spacial score (nSPS) is 23.5. The van der Waals surface area contributed by atoms with Crippen molar-refractivity contribution in [3.63, 3.8) is 0 Å². The molecular formula is C23H28N8O. The highest BCUT2D eigenvalue weighted by Crippen LogP contribution is 2.41. The molecule has 1 N–H and O–H groups in total. The van der Waals surface area contributed by atoms with Crippen LogP contribution in [0.2, 0.25) is 0 Å². The van der Waals surface area contributed by atoms with Crippen LogP contribution in [0.4, 0.5) is 17.5 Å². The van der Waals surface area contributed by atoms with E-state index in [0.717, 1.165) is 62.2 Å². The number of carbonyl (C=O) groups is 1. The number of rotatable bonds is 3. The number of nitrogens with zero attached hydrogens (tertiary/aromatic N) is 7. The zero-order valence-corrected chi connectivity index (χ0v) is 18.5. The van der Waals surface area contributed by atoms with Crippen LogP contribution in [0.25, 0.3) is 11.0 Å². The van der Waals surface area contributed by atoms with Crippen molar-refractivity contribution >= 4 is 34.4 Å². The first-order chi connectivity index (χ1) is 15.6. The first-order valence-electron chi connectivity index (χ1n) is 11.4. The number of likely N-dealkylation sites (N-methyl/N-ethyl adjacent to an activating group) is 2. The van der Waals surface area contributed by atoms with E-state index in [2.05, 4.69) is 42.8 Å². The molecule has 1 aliphatic carbocycles. The molecule has 3 aromatic rings. The molecule has 9 heteroatoms. The van der Waals surface area contributed by atoms with Gasteiger partial charge in [-0.3, -0.25) is 4.79 Å². The summed E-state index contributed by atoms with van der Waals surface area (Å²) in [6, 6.07) is 6.53. The Labute approximate surface area is 187 Å². The standard InChI is InChI=1S/C23H28N8O/c1-28-8-10-30(11-9-28)16-6-7-20(24-14-16)26-23-25-13-15-12-19-22(32)29(2)17-4-3-5-18(17)31(19)21(15)27-23/h6-7,12-14,17-18H,3-5,8-11H2,1-2H3,(H,24,25,26,27)/t17-,18-/m0/s1. The van der Waals surface area contributed by atoms with Gasteiger partial charge in [-0.1, -0.05) is 0 Å². The van der Waals surface area contributed by atoms with E-state index in [0.29, 0.717) is 17.5 Å². The predicted octanol–water partition coefficient (Wildman–Crippen LogP) is 2.50. The lowest BCUT2D eigenvalue weighted by Gasteiger charge is -2.36. The van der Waals surface area contributed by atoms with Gasteiger partial charge < -0.3 is 24.6 Å². The maximum absolute atomic E-state index is 12.9. The Bertz CT molecular complexity index is 1160. The van der Waals surface area contributed by atoms with Crippen LogP contribution in [0.15, 0.2) is 30.6 Å². The van der Waals surface area contributed by atoms with Crippen molar-refractivity contribution in [3.05, 3.63) is 36.3 Å². The summed E-state index contributed by atoms with van der Waals surface area (Å²) in [7, 11) is 4.07. The highest BCUT2D eigenvalue weighted by atomic mass is 16.2. The zero-order chi connectivity index (χ0) is 21.8. The van der Waals surface area contributed by atoms with Gasteiger partial charge in [-0.05, 0) is 44.5 Å². The van der Waals surface area contributed by atoms with E-state index < -0.39 is 0 Å². The van der Waals surface area contributed by atoms with Gasteiger partial charge in [0.15, 0.2) is 0 Å². The number of amides is 1. The van der Waals surface area contributed by atoms with Crippen LogP contribution >= 0.6 is 0 Å². The fourth-order valence-corrected chi connectivity index (χ4v) is 5.40. The lowest BCUT2D eigenvalue weighted by Crippen LogP contribution is -2.46. The van der Waals surface area contributed by atoms with E-state index in [9.17, 15) is 4.79 Å². The predicted molar refractivity (Wildman–Crippen MR) is 124 cm³/mol. The van der Waals surface area contributed by atoms with E-state index in [1.165, 1.54) is 0 Å². The summed E-state index contributed by atoms with van der Waals surface area (Å²) in [4.78, 5) is 33.4. The van der Waals surface area contributed by atoms with Crippen LogP contribution in [0.5, 0.6) is 0 Å². The van der Waals surface area contributed by atoms with Crippen molar-refractivity contribution in [2.24, 2.45) is 0 Å². The highest BCUT2D eigenvalue weighted by molar-refractivity contribution is 5.99. The molecule has 2 aliphatic heterocycles. The van der Waals surface area contributed by atoms with Gasteiger partial charge in [0.2, 0.25) is 5.95 Å². The molecule has 166 valence electrons. The molecule has 1 saturated heterocycles. The fraction of sp³-hybridized carbons (Fsp3) is 0.478. The Morgan fingerprint density at radius 3 is 2.59 bits per heavy atom. The molecule has 0 aromatic carbocycles. The summed E-state index contributed by atoms with van der Waals surface area (Å²) in [5.74, 6) is 1.28. The molecule has 2 fully saturated rings. The second-order valence-electron chi connectivity index (χ2n) is 9.17. The molecule has 32 heavy (non-hydrogen) atoms. The maximum atomic E-state index is 12.9. The quantitative estimate of drug-likeness (QED) is 0.681. The van der Waals surface area contributed by atoms with Gasteiger partial charge in [0.25, 0.3) is 5.91 Å². The lowest BCUT2D eigenvalue weighted by atomic mass is 10.1. The Kier molecular flexibility index (Phi) is 4.53. The van der Waals surface area contributed by atoms with Crippen LogP contribution in [0, 0.1) is 0 Å². The molecule has 0 unspecified atom stereocenters. The molecule has 5 heterocycles. The minimum atomic E-state index is 0.0711. The first-order valence-corrected chi connectivity index (χ1v) is 11.4. The summed E-state index contributed by atoms with van der Waals surface area (Å²) in [5, 5.41) is 4.14. The molecule has 1 amide bonds. The number of piperazine rings is 1. The van der Waals surface area contributed by atoms with Gasteiger partial charge in [0, 0.05) is 44.8 Å². The molecule has 1 saturated carbocycles. The third-order valence-corrected chi connectivity index (χ3v) is 7.24. The van der Waals surface area contributed by atoms with Gasteiger partial charge in [0.05, 0.1) is 24.0 Å². The number of hydrogen-bond donors (Lipinski definition) is 1. The molecule has 0 radical (unpaired) electrons. The van der Waals surface area contributed by atoms with E-state index >= 15 is 0 Å². The van der Waals surface area contributed by atoms with Crippen LogP contribution in [0.1, 0.15) is 35.8 Å². The summed E-state index contributed by atoms with van der Waals surface area (Å²) < 4.78 is 2.14. The van der Waals surface area contributed by atoms with Crippen LogP contribution < -0.4 is 10.2 Å². The van der Waals surface area contributed by atoms with Gasteiger partial charge >= 0.3 is 0 Å². The number of aromatic nitrogens is 4. The van der Waals surface area contributed by atoms with Crippen molar-refractivity contribution < 1.29 is 4.79 Å². The van der Waals surface area contributed by atoms with Gasteiger partial charge in [-0.25, -0.2) is 9.97 Å². The van der Waals surface area contributed by atoms with Crippen molar-refractivity contribution in [1.29, 1.82) is 0 Å². The summed E-state index contributed by atoms with van der Waals surface area (Å²) in [6.45, 7) is 4.16. The van der Waals surface area contributed by atoms with Crippen molar-refractivity contribution in [1.82, 2.24) is 29.3 Å². The van der Waals surface area contributed by atoms with Gasteiger partial charge in [-0.2, -0.15) is 4.98 Å². The monoisotopic (exact) mass is 432 g/mol. The van der Waals surface area contributed by atoms with Crippen molar-refractivity contribution in [3.8, 4) is 0 Å². The number of hydrogen-bond acceptors (Lipinski definition) is 7. The van der Waals surface area contributed by atoms with E-state index in [1.807, 2.05) is 30.3 Å². The van der Waals surface area contributed by atoms with Crippen molar-refractivity contribution in [2.45, 2.75) is 31.3 Å². The van der Waals surface area contributed by atoms with Crippen LogP contribution in [0.3, 0.4) is 0 Å². The molecule has 3 aliphatic rings. The minimum Gasteiger partial charge on any atom is -0.368 e. The molecule has 6 rings (SSSR count). The summed E-state index contributed by atoms with van der Waals surface area (Å²) >= 11 is 0. The molecule has 0 bridgehead atoms. The maximum Gasteiger partial charge on any atom is 0.270 e. The molecule has 2 atom stereocenters. The Hall–Kier alpha value is -3.20. The number of carbonyl (C=O) groups excluding carboxylic acids is 1. The van der Waals surface area contributed by atoms with Gasteiger partial charge in [0.1, 0.15) is 17.2 Å². The topological polar surface area (TPSA) is 82.4 Å². The largest absolute Gasteiger partial charge is 0.368 e. The van der Waals surface area contributed by atoms with E-state index in [-0.39, 0.29) is 18.0 Å². The number of pyridine rings is 1. The Balaban J connectivity index is 1.27. The van der Waals surface area contributed by atoms with Crippen LogP contribution in [-0.2, 0) is 0 Å². The average Bonchev–Trinajstić information content (AvgIpc) is 3.43. The number of anilines is 3. The SMILES string of the molecule is CN1CCN(c2ccc(Nc3ncc4cc5n(c4n3)[C@H]3CCC[C@@H]3N(C)C5=O)nc2)CC1. The first kappa shape index (κ1) is 19.5. The number of fused-ring (bicyclic) bond motifs is 5. The second kappa shape index (κ2) is 7.44. The summed E-state index contributed by atoms with van der Waals surface area (Å²) in [6.07, 6.45) is 6.95. The smallest absolute Gasteiger partial charge is 0.270 e. The van der Waals surface area contributed by atoms with E-state index in [1.54, 1.807) is 6.20 Å². The van der Waals surface area contributed by atoms with E-state index in [4.69, 9.17) is 4.98 Å². The highest BCUT2D eigenvalue weighted by Gasteiger charge is 2.41. The molecule has 9 nitrogen and oxygen atoms in total. The molecule has 0 spiro atoms. The Morgan fingerprint density at radius 1 is 1.00 bits per heavy atom. The lowest BCUT2D eigenvalue weighted by molar-refractivity contribution is 0.0632. The second-order valence-corrected chi connectivity index (χ2v) is 9.17. The van der Waals surface area contributed by atoms with Gasteiger partial charge in [-0.15, -0.1) is 0 Å². The third-order valence-electron chi connectivity index (χ3n) is 7.24. The Morgan fingerprint density at radius 2 is 1.81 bits per heavy atom.